The van der Waals surface area contributed by atoms with Crippen LogP contribution in [0.15, 0.2) is 24.3 Å². The van der Waals surface area contributed by atoms with Crippen molar-refractivity contribution in [3.8, 4) is 0 Å². The van der Waals surface area contributed by atoms with E-state index in [1.807, 2.05) is 0 Å². The van der Waals surface area contributed by atoms with Gasteiger partial charge < -0.3 is 19.4 Å². The molecule has 1 saturated carbocycles. The van der Waals surface area contributed by atoms with E-state index in [0.717, 1.165) is 19.4 Å². The highest BCUT2D eigenvalue weighted by Crippen LogP contribution is 2.36. The predicted octanol–water partition coefficient (Wildman–Crippen LogP) is 3.40. The number of piperidine rings is 1. The number of ether oxygens (including phenoxy) is 1. The Balaban J connectivity index is 1.36. The molecule has 2 atom stereocenters. The van der Waals surface area contributed by atoms with E-state index < -0.39 is 0 Å². The van der Waals surface area contributed by atoms with Gasteiger partial charge in [0.15, 0.2) is 0 Å². The molecular formula is C24H33N3O4. The summed E-state index contributed by atoms with van der Waals surface area (Å²) in [6, 6.07) is 7.48. The first kappa shape index (κ1) is 21.7. The van der Waals surface area contributed by atoms with Gasteiger partial charge in [0.2, 0.25) is 0 Å². The number of nitrogens with zero attached hydrogens (tertiary/aromatic N) is 3. The van der Waals surface area contributed by atoms with Crippen LogP contribution >= 0.6 is 0 Å². The van der Waals surface area contributed by atoms with Gasteiger partial charge in [0.25, 0.3) is 11.8 Å². The molecule has 0 bridgehead atoms. The van der Waals surface area contributed by atoms with Crippen molar-refractivity contribution in [1.82, 2.24) is 14.7 Å². The molecule has 2 heterocycles. The topological polar surface area (TPSA) is 70.2 Å². The normalized spacial score (nSPS) is 23.8. The third-order valence-corrected chi connectivity index (χ3v) is 6.98. The molecule has 0 N–H and O–H groups in total. The van der Waals surface area contributed by atoms with Gasteiger partial charge in [-0.25, -0.2) is 4.79 Å². The first-order valence-corrected chi connectivity index (χ1v) is 11.7. The third-order valence-electron chi connectivity index (χ3n) is 6.98. The lowest BCUT2D eigenvalue weighted by atomic mass is 9.78. The van der Waals surface area contributed by atoms with Crippen LogP contribution in [0.5, 0.6) is 0 Å². The summed E-state index contributed by atoms with van der Waals surface area (Å²) in [7, 11) is 0. The molecule has 1 aliphatic carbocycles. The minimum atomic E-state index is -0.324. The van der Waals surface area contributed by atoms with Crippen LogP contribution in [-0.4, -0.2) is 78.0 Å². The highest BCUT2D eigenvalue weighted by atomic mass is 16.6. The SMILES string of the molecule is CCOC(=O)N1CCN(C(=O)c2ccc(C(=O)N3CCCC4CCCCC43)cc2)CC1. The van der Waals surface area contributed by atoms with Crippen molar-refractivity contribution < 1.29 is 19.1 Å². The van der Waals surface area contributed by atoms with E-state index in [1.54, 1.807) is 41.0 Å². The van der Waals surface area contributed by atoms with E-state index in [4.69, 9.17) is 4.74 Å². The van der Waals surface area contributed by atoms with Crippen LogP contribution in [0.25, 0.3) is 0 Å². The molecule has 1 aromatic carbocycles. The van der Waals surface area contributed by atoms with Gasteiger partial charge in [-0.1, -0.05) is 12.8 Å². The third kappa shape index (κ3) is 4.70. The second kappa shape index (κ2) is 9.71. The summed E-state index contributed by atoms with van der Waals surface area (Å²) in [5, 5.41) is 0. The summed E-state index contributed by atoms with van der Waals surface area (Å²) in [6.07, 6.45) is 6.86. The maximum absolute atomic E-state index is 13.2. The van der Waals surface area contributed by atoms with E-state index in [2.05, 4.69) is 4.90 Å². The maximum Gasteiger partial charge on any atom is 0.409 e. The Hall–Kier alpha value is -2.57. The molecule has 7 heteroatoms. The van der Waals surface area contributed by atoms with Gasteiger partial charge >= 0.3 is 6.09 Å². The first-order chi connectivity index (χ1) is 15.1. The Morgan fingerprint density at radius 1 is 0.806 bits per heavy atom. The molecule has 2 unspecified atom stereocenters. The van der Waals surface area contributed by atoms with Crippen molar-refractivity contribution in [2.24, 2.45) is 5.92 Å². The fourth-order valence-corrected chi connectivity index (χ4v) is 5.29. The largest absolute Gasteiger partial charge is 0.450 e. The Morgan fingerprint density at radius 2 is 1.39 bits per heavy atom. The summed E-state index contributed by atoms with van der Waals surface area (Å²) >= 11 is 0. The van der Waals surface area contributed by atoms with E-state index in [0.29, 0.717) is 55.9 Å². The molecular weight excluding hydrogens is 394 g/mol. The van der Waals surface area contributed by atoms with Crippen LogP contribution < -0.4 is 0 Å². The van der Waals surface area contributed by atoms with Crippen molar-refractivity contribution in [1.29, 1.82) is 0 Å². The Bertz CT molecular complexity index is 800. The molecule has 0 spiro atoms. The summed E-state index contributed by atoms with van der Waals surface area (Å²) in [5.41, 5.74) is 1.24. The monoisotopic (exact) mass is 427 g/mol. The zero-order chi connectivity index (χ0) is 21.8. The second-order valence-electron chi connectivity index (χ2n) is 8.81. The number of hydrogen-bond acceptors (Lipinski definition) is 4. The van der Waals surface area contributed by atoms with E-state index in [9.17, 15) is 14.4 Å². The average molecular weight is 428 g/mol. The number of carbonyl (C=O) groups excluding carboxylic acids is 3. The molecule has 4 rings (SSSR count). The van der Waals surface area contributed by atoms with E-state index >= 15 is 0 Å². The molecule has 0 aromatic heterocycles. The van der Waals surface area contributed by atoms with Gasteiger partial charge in [0.1, 0.15) is 0 Å². The second-order valence-corrected chi connectivity index (χ2v) is 8.81. The lowest BCUT2D eigenvalue weighted by Gasteiger charge is -2.44. The lowest BCUT2D eigenvalue weighted by Crippen LogP contribution is -2.50. The Kier molecular flexibility index (Phi) is 6.78. The minimum absolute atomic E-state index is 0.0622. The number of amides is 3. The standard InChI is InChI=1S/C24H33N3O4/c1-2-31-24(30)26-16-14-25(15-17-26)22(28)19-9-11-20(12-10-19)23(29)27-13-5-7-18-6-3-4-8-21(18)27/h9-12,18,21H,2-8,13-17H2,1H3. The number of hydrogen-bond donors (Lipinski definition) is 0. The number of carbonyl (C=O) groups is 3. The molecule has 2 saturated heterocycles. The average Bonchev–Trinajstić information content (AvgIpc) is 2.83. The summed E-state index contributed by atoms with van der Waals surface area (Å²) < 4.78 is 5.03. The van der Waals surface area contributed by atoms with Gasteiger partial charge in [-0.05, 0) is 62.8 Å². The number of rotatable bonds is 3. The highest BCUT2D eigenvalue weighted by Gasteiger charge is 2.36. The van der Waals surface area contributed by atoms with Gasteiger partial charge in [-0.15, -0.1) is 0 Å². The molecule has 1 aromatic rings. The molecule has 3 fully saturated rings. The summed E-state index contributed by atoms with van der Waals surface area (Å²) in [6.45, 7) is 4.87. The predicted molar refractivity (Wildman–Crippen MR) is 117 cm³/mol. The van der Waals surface area contributed by atoms with Crippen LogP contribution in [0.3, 0.4) is 0 Å². The van der Waals surface area contributed by atoms with Crippen molar-refractivity contribution in [2.45, 2.75) is 51.5 Å². The van der Waals surface area contributed by atoms with E-state index in [-0.39, 0.29) is 17.9 Å². The first-order valence-electron chi connectivity index (χ1n) is 11.7. The van der Waals surface area contributed by atoms with Crippen molar-refractivity contribution in [2.75, 3.05) is 39.3 Å². The highest BCUT2D eigenvalue weighted by molar-refractivity contribution is 5.98. The van der Waals surface area contributed by atoms with Crippen LogP contribution in [-0.2, 0) is 4.74 Å². The molecule has 0 radical (unpaired) electrons. The molecule has 3 aliphatic rings. The zero-order valence-electron chi connectivity index (χ0n) is 18.4. The lowest BCUT2D eigenvalue weighted by molar-refractivity contribution is 0.0390. The van der Waals surface area contributed by atoms with Gasteiger partial charge in [-0.3, -0.25) is 9.59 Å². The smallest absolute Gasteiger partial charge is 0.409 e. The fourth-order valence-electron chi connectivity index (χ4n) is 5.29. The zero-order valence-corrected chi connectivity index (χ0v) is 18.4. The quantitative estimate of drug-likeness (QED) is 0.741. The molecule has 7 nitrogen and oxygen atoms in total. The van der Waals surface area contributed by atoms with Crippen molar-refractivity contribution in [3.05, 3.63) is 35.4 Å². The number of piperazine rings is 1. The van der Waals surface area contributed by atoms with Gasteiger partial charge in [-0.2, -0.15) is 0 Å². The molecule has 3 amide bonds. The van der Waals surface area contributed by atoms with Gasteiger partial charge in [0.05, 0.1) is 6.61 Å². The molecule has 31 heavy (non-hydrogen) atoms. The van der Waals surface area contributed by atoms with Crippen LogP contribution in [0, 0.1) is 5.92 Å². The maximum atomic E-state index is 13.2. The summed E-state index contributed by atoms with van der Waals surface area (Å²) in [5.74, 6) is 0.687. The number of fused-ring (bicyclic) bond motifs is 1. The van der Waals surface area contributed by atoms with Crippen molar-refractivity contribution >= 4 is 17.9 Å². The number of likely N-dealkylation sites (tertiary alicyclic amines) is 1. The molecule has 168 valence electrons. The van der Waals surface area contributed by atoms with Crippen molar-refractivity contribution in [3.63, 3.8) is 0 Å². The molecule has 2 aliphatic heterocycles. The Labute approximate surface area is 184 Å². The van der Waals surface area contributed by atoms with Gasteiger partial charge in [0, 0.05) is 49.9 Å². The number of benzene rings is 1. The van der Waals surface area contributed by atoms with Crippen LogP contribution in [0.1, 0.15) is 66.2 Å². The van der Waals surface area contributed by atoms with Crippen LogP contribution in [0.4, 0.5) is 4.79 Å². The van der Waals surface area contributed by atoms with E-state index in [1.165, 1.54) is 25.7 Å². The Morgan fingerprint density at radius 3 is 2.06 bits per heavy atom. The fraction of sp³-hybridized carbons (Fsp3) is 0.625. The summed E-state index contributed by atoms with van der Waals surface area (Å²) in [4.78, 5) is 43.3. The van der Waals surface area contributed by atoms with Crippen LogP contribution in [0.2, 0.25) is 0 Å². The minimum Gasteiger partial charge on any atom is -0.450 e.